The Labute approximate surface area is 192 Å². The molecule has 3 rings (SSSR count). The highest BCUT2D eigenvalue weighted by Crippen LogP contribution is 2.24. The SMILES string of the molecule is CCCN(CC(=O)Nc1cc(Cl)ccc1-n1cncn1)CC(=O)Nc1ccc(F)c(F)c1F. The maximum absolute atomic E-state index is 13.8. The van der Waals surface area contributed by atoms with Gasteiger partial charge in [0.25, 0.3) is 0 Å². The fraction of sp³-hybridized carbons (Fsp3) is 0.238. The molecular formula is C21H20ClF3N6O2. The van der Waals surface area contributed by atoms with Gasteiger partial charge in [-0.15, -0.1) is 0 Å². The minimum Gasteiger partial charge on any atom is -0.323 e. The first-order valence-electron chi connectivity index (χ1n) is 9.88. The molecule has 1 heterocycles. The normalized spacial score (nSPS) is 11.0. The van der Waals surface area contributed by atoms with Crippen molar-refractivity contribution >= 4 is 34.8 Å². The van der Waals surface area contributed by atoms with Crippen molar-refractivity contribution in [1.29, 1.82) is 0 Å². The second-order valence-corrected chi connectivity index (χ2v) is 7.47. The van der Waals surface area contributed by atoms with Crippen LogP contribution in [-0.4, -0.2) is 51.1 Å². The first kappa shape index (κ1) is 24.2. The Morgan fingerprint density at radius 2 is 1.73 bits per heavy atom. The van der Waals surface area contributed by atoms with Gasteiger partial charge in [-0.3, -0.25) is 14.5 Å². The van der Waals surface area contributed by atoms with Crippen LogP contribution in [-0.2, 0) is 9.59 Å². The fourth-order valence-corrected chi connectivity index (χ4v) is 3.25. The summed E-state index contributed by atoms with van der Waals surface area (Å²) >= 11 is 6.06. The van der Waals surface area contributed by atoms with Crippen molar-refractivity contribution < 1.29 is 22.8 Å². The first-order chi connectivity index (χ1) is 15.8. The highest BCUT2D eigenvalue weighted by Gasteiger charge is 2.19. The van der Waals surface area contributed by atoms with Gasteiger partial charge >= 0.3 is 0 Å². The number of amides is 2. The van der Waals surface area contributed by atoms with E-state index in [-0.39, 0.29) is 13.1 Å². The van der Waals surface area contributed by atoms with Gasteiger partial charge in [0.1, 0.15) is 12.7 Å². The lowest BCUT2D eigenvalue weighted by Crippen LogP contribution is -2.39. The molecule has 2 N–H and O–H groups in total. The number of rotatable bonds is 9. The van der Waals surface area contributed by atoms with Gasteiger partial charge < -0.3 is 10.6 Å². The van der Waals surface area contributed by atoms with E-state index in [4.69, 9.17) is 11.6 Å². The molecule has 0 radical (unpaired) electrons. The van der Waals surface area contributed by atoms with Gasteiger partial charge in [0.15, 0.2) is 17.5 Å². The zero-order valence-electron chi connectivity index (χ0n) is 17.5. The number of benzene rings is 2. The van der Waals surface area contributed by atoms with Crippen molar-refractivity contribution in [2.75, 3.05) is 30.3 Å². The summed E-state index contributed by atoms with van der Waals surface area (Å²) in [6.07, 6.45) is 3.43. The molecule has 8 nitrogen and oxygen atoms in total. The Kier molecular flexibility index (Phi) is 8.01. The summed E-state index contributed by atoms with van der Waals surface area (Å²) < 4.78 is 41.7. The quantitative estimate of drug-likeness (QED) is 0.456. The smallest absolute Gasteiger partial charge is 0.238 e. The van der Waals surface area contributed by atoms with Crippen molar-refractivity contribution in [3.8, 4) is 5.69 Å². The van der Waals surface area contributed by atoms with E-state index in [1.165, 1.54) is 22.2 Å². The number of anilines is 2. The molecule has 2 amide bonds. The number of carbonyl (C=O) groups excluding carboxylic acids is 2. The van der Waals surface area contributed by atoms with Crippen LogP contribution in [0.15, 0.2) is 43.0 Å². The number of nitrogens with one attached hydrogen (secondary N) is 2. The molecule has 0 fully saturated rings. The Hall–Kier alpha value is -3.44. The molecule has 0 bridgehead atoms. The highest BCUT2D eigenvalue weighted by molar-refractivity contribution is 6.31. The van der Waals surface area contributed by atoms with Crippen molar-refractivity contribution in [3.63, 3.8) is 0 Å². The van der Waals surface area contributed by atoms with Crippen LogP contribution >= 0.6 is 11.6 Å². The second kappa shape index (κ2) is 10.9. The lowest BCUT2D eigenvalue weighted by molar-refractivity contribution is -0.120. The van der Waals surface area contributed by atoms with E-state index in [2.05, 4.69) is 20.7 Å². The molecule has 33 heavy (non-hydrogen) atoms. The van der Waals surface area contributed by atoms with Gasteiger partial charge in [0.05, 0.1) is 30.2 Å². The number of nitrogens with zero attached hydrogens (tertiary/aromatic N) is 4. The number of hydrogen-bond donors (Lipinski definition) is 2. The summed E-state index contributed by atoms with van der Waals surface area (Å²) in [5.41, 5.74) is 0.442. The molecular weight excluding hydrogens is 461 g/mol. The number of aromatic nitrogens is 3. The van der Waals surface area contributed by atoms with Crippen molar-refractivity contribution in [2.24, 2.45) is 0 Å². The topological polar surface area (TPSA) is 92.2 Å². The third-order valence-electron chi connectivity index (χ3n) is 4.48. The molecule has 0 saturated heterocycles. The van der Waals surface area contributed by atoms with Crippen LogP contribution in [0.5, 0.6) is 0 Å². The van der Waals surface area contributed by atoms with Crippen LogP contribution in [0.4, 0.5) is 24.5 Å². The average Bonchev–Trinajstić information content (AvgIpc) is 3.29. The molecule has 0 aliphatic heterocycles. The summed E-state index contributed by atoms with van der Waals surface area (Å²) in [6, 6.07) is 6.50. The third kappa shape index (κ3) is 6.30. The first-order valence-corrected chi connectivity index (χ1v) is 10.3. The maximum Gasteiger partial charge on any atom is 0.238 e. The molecule has 3 aromatic rings. The second-order valence-electron chi connectivity index (χ2n) is 7.03. The molecule has 174 valence electrons. The Balaban J connectivity index is 1.67. The van der Waals surface area contributed by atoms with Crippen LogP contribution in [0, 0.1) is 17.5 Å². The van der Waals surface area contributed by atoms with Crippen molar-refractivity contribution in [2.45, 2.75) is 13.3 Å². The average molecular weight is 481 g/mol. The van der Waals surface area contributed by atoms with Gasteiger partial charge in [0.2, 0.25) is 11.8 Å². The van der Waals surface area contributed by atoms with Crippen LogP contribution in [0.25, 0.3) is 5.69 Å². The van der Waals surface area contributed by atoms with Gasteiger partial charge in [-0.2, -0.15) is 5.10 Å². The van der Waals surface area contributed by atoms with Crippen LogP contribution in [0.2, 0.25) is 5.02 Å². The molecule has 1 aromatic heterocycles. The summed E-state index contributed by atoms with van der Waals surface area (Å²) in [6.45, 7) is 1.81. The Morgan fingerprint density at radius 3 is 2.36 bits per heavy atom. The maximum atomic E-state index is 13.8. The largest absolute Gasteiger partial charge is 0.323 e. The summed E-state index contributed by atoms with van der Waals surface area (Å²) in [7, 11) is 0. The molecule has 0 unspecified atom stereocenters. The molecule has 0 aliphatic rings. The predicted octanol–water partition coefficient (Wildman–Crippen LogP) is 3.63. The van der Waals surface area contributed by atoms with E-state index < -0.39 is 35.0 Å². The van der Waals surface area contributed by atoms with E-state index in [0.29, 0.717) is 35.4 Å². The zero-order chi connectivity index (χ0) is 24.0. The van der Waals surface area contributed by atoms with E-state index in [1.807, 2.05) is 6.92 Å². The zero-order valence-corrected chi connectivity index (χ0v) is 18.2. The number of hydrogen-bond acceptors (Lipinski definition) is 5. The van der Waals surface area contributed by atoms with E-state index in [9.17, 15) is 22.8 Å². The van der Waals surface area contributed by atoms with E-state index >= 15 is 0 Å². The van der Waals surface area contributed by atoms with E-state index in [1.54, 1.807) is 18.2 Å². The van der Waals surface area contributed by atoms with E-state index in [0.717, 1.165) is 6.07 Å². The van der Waals surface area contributed by atoms with Crippen LogP contribution in [0.1, 0.15) is 13.3 Å². The minimum atomic E-state index is -1.68. The molecule has 0 spiro atoms. The minimum absolute atomic E-state index is 0.162. The Bertz CT molecular complexity index is 1140. The molecule has 0 atom stereocenters. The van der Waals surface area contributed by atoms with Gasteiger partial charge in [0, 0.05) is 5.02 Å². The predicted molar refractivity (Wildman–Crippen MR) is 117 cm³/mol. The molecule has 2 aromatic carbocycles. The summed E-state index contributed by atoms with van der Waals surface area (Å²) in [4.78, 5) is 30.4. The fourth-order valence-electron chi connectivity index (χ4n) is 3.08. The van der Waals surface area contributed by atoms with Crippen molar-refractivity contribution in [1.82, 2.24) is 19.7 Å². The Morgan fingerprint density at radius 1 is 1.03 bits per heavy atom. The lowest BCUT2D eigenvalue weighted by atomic mass is 10.2. The van der Waals surface area contributed by atoms with Crippen molar-refractivity contribution in [3.05, 3.63) is 65.5 Å². The van der Waals surface area contributed by atoms with Crippen LogP contribution < -0.4 is 10.6 Å². The standard InChI is InChI=1S/C21H20ClF3N6O2/c1-2-7-30(9-18(32)28-15-5-4-14(23)20(24)21(15)25)10-19(33)29-16-8-13(22)3-6-17(16)31-12-26-11-27-31/h3-6,8,11-12H,2,7,9-10H2,1H3,(H,28,32)(H,29,33). The monoisotopic (exact) mass is 480 g/mol. The highest BCUT2D eigenvalue weighted by atomic mass is 35.5. The molecule has 12 heteroatoms. The van der Waals surface area contributed by atoms with Gasteiger partial charge in [-0.1, -0.05) is 18.5 Å². The lowest BCUT2D eigenvalue weighted by Gasteiger charge is -2.21. The van der Waals surface area contributed by atoms with Crippen LogP contribution in [0.3, 0.4) is 0 Å². The number of carbonyl (C=O) groups is 2. The summed E-state index contributed by atoms with van der Waals surface area (Å²) in [5.74, 6) is -5.65. The third-order valence-corrected chi connectivity index (χ3v) is 4.72. The van der Waals surface area contributed by atoms with Gasteiger partial charge in [-0.05, 0) is 43.3 Å². The number of halogens is 4. The molecule has 0 saturated carbocycles. The molecule has 0 aliphatic carbocycles. The van der Waals surface area contributed by atoms with Gasteiger partial charge in [-0.25, -0.2) is 22.8 Å². The summed E-state index contributed by atoms with van der Waals surface area (Å²) in [5, 5.41) is 9.37.